The molecule has 2 amide bonds. The Morgan fingerprint density at radius 3 is 2.39 bits per heavy atom. The van der Waals surface area contributed by atoms with Crippen LogP contribution in [-0.2, 0) is 16.0 Å². The van der Waals surface area contributed by atoms with Crippen LogP contribution in [-0.4, -0.2) is 48.9 Å². The van der Waals surface area contributed by atoms with Gasteiger partial charge in [0.25, 0.3) is 0 Å². The Bertz CT molecular complexity index is 491. The van der Waals surface area contributed by atoms with Gasteiger partial charge >= 0.3 is 0 Å². The normalized spacial score (nSPS) is 12.0. The van der Waals surface area contributed by atoms with Gasteiger partial charge in [0, 0.05) is 19.6 Å². The number of rotatable bonds is 9. The number of nitrogens with zero attached hydrogens (tertiary/aromatic N) is 1. The number of carbonyl (C=O) groups excluding carboxylic acids is 2. The van der Waals surface area contributed by atoms with E-state index in [9.17, 15) is 9.59 Å². The lowest BCUT2D eigenvalue weighted by Gasteiger charge is -2.23. The molecule has 0 bridgehead atoms. The lowest BCUT2D eigenvalue weighted by Crippen LogP contribution is -2.48. The summed E-state index contributed by atoms with van der Waals surface area (Å²) in [5, 5.41) is 2.60. The SMILES string of the molecule is CC(C)[C@H](N)C(=O)NCC(=O)N(CCN)CCc1ccccc1. The first-order valence-corrected chi connectivity index (χ1v) is 8.00. The lowest BCUT2D eigenvalue weighted by atomic mass is 10.1. The minimum absolute atomic E-state index is 0.0309. The van der Waals surface area contributed by atoms with Gasteiger partial charge in [-0.3, -0.25) is 9.59 Å². The van der Waals surface area contributed by atoms with Gasteiger partial charge in [-0.15, -0.1) is 0 Å². The minimum atomic E-state index is -0.602. The molecular weight excluding hydrogens is 292 g/mol. The summed E-state index contributed by atoms with van der Waals surface area (Å²) in [6.07, 6.45) is 0.756. The Balaban J connectivity index is 2.49. The number of hydrogen-bond donors (Lipinski definition) is 3. The Hall–Kier alpha value is -1.92. The van der Waals surface area contributed by atoms with Crippen molar-refractivity contribution in [2.24, 2.45) is 17.4 Å². The maximum Gasteiger partial charge on any atom is 0.242 e. The van der Waals surface area contributed by atoms with E-state index in [1.54, 1.807) is 4.90 Å². The molecule has 23 heavy (non-hydrogen) atoms. The summed E-state index contributed by atoms with van der Waals surface area (Å²) < 4.78 is 0. The van der Waals surface area contributed by atoms with E-state index in [4.69, 9.17) is 11.5 Å². The fourth-order valence-corrected chi connectivity index (χ4v) is 2.12. The molecule has 0 aromatic heterocycles. The zero-order valence-corrected chi connectivity index (χ0v) is 14.0. The fraction of sp³-hybridized carbons (Fsp3) is 0.529. The summed E-state index contributed by atoms with van der Waals surface area (Å²) in [7, 11) is 0. The highest BCUT2D eigenvalue weighted by molar-refractivity contribution is 5.87. The molecule has 0 aliphatic heterocycles. The summed E-state index contributed by atoms with van der Waals surface area (Å²) in [5.74, 6) is -0.414. The van der Waals surface area contributed by atoms with Crippen molar-refractivity contribution in [2.75, 3.05) is 26.2 Å². The van der Waals surface area contributed by atoms with Gasteiger partial charge < -0.3 is 21.7 Å². The van der Waals surface area contributed by atoms with E-state index < -0.39 is 6.04 Å². The molecule has 0 radical (unpaired) electrons. The monoisotopic (exact) mass is 320 g/mol. The van der Waals surface area contributed by atoms with Crippen LogP contribution in [0.5, 0.6) is 0 Å². The van der Waals surface area contributed by atoms with Crippen LogP contribution in [0.3, 0.4) is 0 Å². The Morgan fingerprint density at radius 1 is 1.17 bits per heavy atom. The molecule has 5 N–H and O–H groups in total. The van der Waals surface area contributed by atoms with Crippen LogP contribution in [0, 0.1) is 5.92 Å². The van der Waals surface area contributed by atoms with E-state index in [1.807, 2.05) is 44.2 Å². The van der Waals surface area contributed by atoms with Crippen molar-refractivity contribution in [2.45, 2.75) is 26.3 Å². The van der Waals surface area contributed by atoms with Crippen LogP contribution in [0.1, 0.15) is 19.4 Å². The van der Waals surface area contributed by atoms with Gasteiger partial charge in [0.15, 0.2) is 0 Å². The first-order valence-electron chi connectivity index (χ1n) is 8.00. The van der Waals surface area contributed by atoms with Crippen molar-refractivity contribution in [1.82, 2.24) is 10.2 Å². The van der Waals surface area contributed by atoms with Gasteiger partial charge in [-0.25, -0.2) is 0 Å². The molecule has 0 spiro atoms. The quantitative estimate of drug-likeness (QED) is 0.601. The average molecular weight is 320 g/mol. The molecule has 1 rings (SSSR count). The highest BCUT2D eigenvalue weighted by atomic mass is 16.2. The van der Waals surface area contributed by atoms with Crippen LogP contribution in [0.4, 0.5) is 0 Å². The highest BCUT2D eigenvalue weighted by Gasteiger charge is 2.19. The summed E-state index contributed by atoms with van der Waals surface area (Å²) in [6, 6.07) is 9.34. The fourth-order valence-electron chi connectivity index (χ4n) is 2.12. The van der Waals surface area contributed by atoms with Gasteiger partial charge in [0.05, 0.1) is 12.6 Å². The predicted molar refractivity (Wildman–Crippen MR) is 91.6 cm³/mol. The van der Waals surface area contributed by atoms with Crippen molar-refractivity contribution in [1.29, 1.82) is 0 Å². The molecular formula is C17H28N4O2. The smallest absolute Gasteiger partial charge is 0.242 e. The summed E-state index contributed by atoms with van der Waals surface area (Å²) in [4.78, 5) is 25.8. The number of carbonyl (C=O) groups is 2. The van der Waals surface area contributed by atoms with Gasteiger partial charge in [0.1, 0.15) is 0 Å². The predicted octanol–water partition coefficient (Wildman–Crippen LogP) is 0.116. The minimum Gasteiger partial charge on any atom is -0.346 e. The summed E-state index contributed by atoms with van der Waals surface area (Å²) in [5.41, 5.74) is 12.5. The average Bonchev–Trinajstić information content (AvgIpc) is 2.56. The number of hydrogen-bond acceptors (Lipinski definition) is 4. The summed E-state index contributed by atoms with van der Waals surface area (Å²) >= 11 is 0. The topological polar surface area (TPSA) is 101 Å². The van der Waals surface area contributed by atoms with Crippen molar-refractivity contribution in [3.63, 3.8) is 0 Å². The highest BCUT2D eigenvalue weighted by Crippen LogP contribution is 2.02. The largest absolute Gasteiger partial charge is 0.346 e. The van der Waals surface area contributed by atoms with Crippen LogP contribution >= 0.6 is 0 Å². The van der Waals surface area contributed by atoms with Crippen molar-refractivity contribution < 1.29 is 9.59 Å². The lowest BCUT2D eigenvalue weighted by molar-refractivity contribution is -0.133. The van der Waals surface area contributed by atoms with E-state index in [-0.39, 0.29) is 24.3 Å². The Kier molecular flexibility index (Phi) is 8.29. The number of nitrogens with two attached hydrogens (primary N) is 2. The number of amides is 2. The van der Waals surface area contributed by atoms with E-state index >= 15 is 0 Å². The molecule has 0 fully saturated rings. The third-order valence-corrected chi connectivity index (χ3v) is 3.70. The molecule has 1 aromatic carbocycles. The van der Waals surface area contributed by atoms with Gasteiger partial charge in [-0.1, -0.05) is 44.2 Å². The first-order chi connectivity index (χ1) is 11.0. The third-order valence-electron chi connectivity index (χ3n) is 3.70. The molecule has 0 saturated heterocycles. The zero-order valence-electron chi connectivity index (χ0n) is 14.0. The Morgan fingerprint density at radius 2 is 1.83 bits per heavy atom. The van der Waals surface area contributed by atoms with Gasteiger partial charge in [-0.05, 0) is 17.9 Å². The maximum absolute atomic E-state index is 12.3. The van der Waals surface area contributed by atoms with Crippen LogP contribution in [0.2, 0.25) is 0 Å². The maximum atomic E-state index is 12.3. The van der Waals surface area contributed by atoms with Crippen molar-refractivity contribution in [3.05, 3.63) is 35.9 Å². The second kappa shape index (κ2) is 9.97. The molecule has 128 valence electrons. The van der Waals surface area contributed by atoms with Crippen molar-refractivity contribution >= 4 is 11.8 Å². The van der Waals surface area contributed by atoms with E-state index in [0.717, 1.165) is 12.0 Å². The van der Waals surface area contributed by atoms with E-state index in [1.165, 1.54) is 0 Å². The van der Waals surface area contributed by atoms with Gasteiger partial charge in [0.2, 0.25) is 11.8 Å². The first kappa shape index (κ1) is 19.1. The molecule has 0 heterocycles. The van der Waals surface area contributed by atoms with E-state index in [0.29, 0.717) is 19.6 Å². The van der Waals surface area contributed by atoms with E-state index in [2.05, 4.69) is 5.32 Å². The number of nitrogens with one attached hydrogen (secondary N) is 1. The summed E-state index contributed by atoms with van der Waals surface area (Å²) in [6.45, 7) is 5.12. The molecule has 1 aromatic rings. The number of benzene rings is 1. The second-order valence-electron chi connectivity index (χ2n) is 5.89. The second-order valence-corrected chi connectivity index (χ2v) is 5.89. The standard InChI is InChI=1S/C17H28N4O2/c1-13(2)16(19)17(23)20-12-15(22)21(11-9-18)10-8-14-6-4-3-5-7-14/h3-7,13,16H,8-12,18-19H2,1-2H3,(H,20,23)/t16-/m0/s1. The van der Waals surface area contributed by atoms with Crippen molar-refractivity contribution in [3.8, 4) is 0 Å². The molecule has 0 aliphatic carbocycles. The molecule has 6 heteroatoms. The third kappa shape index (κ3) is 6.80. The molecule has 0 unspecified atom stereocenters. The van der Waals surface area contributed by atoms with Crippen LogP contribution < -0.4 is 16.8 Å². The molecule has 0 aliphatic rings. The van der Waals surface area contributed by atoms with Crippen LogP contribution in [0.15, 0.2) is 30.3 Å². The van der Waals surface area contributed by atoms with Crippen LogP contribution in [0.25, 0.3) is 0 Å². The molecule has 6 nitrogen and oxygen atoms in total. The zero-order chi connectivity index (χ0) is 17.2. The van der Waals surface area contributed by atoms with Gasteiger partial charge in [-0.2, -0.15) is 0 Å². The Labute approximate surface area is 138 Å². The molecule has 0 saturated carbocycles. The molecule has 1 atom stereocenters.